The zero-order valence-electron chi connectivity index (χ0n) is 20.1. The summed E-state index contributed by atoms with van der Waals surface area (Å²) in [5.41, 5.74) is 2.93. The van der Waals surface area contributed by atoms with Gasteiger partial charge in [-0.05, 0) is 104 Å². The van der Waals surface area contributed by atoms with E-state index >= 15 is 0 Å². The summed E-state index contributed by atoms with van der Waals surface area (Å²) in [6, 6.07) is 0. The number of hydrogen-bond donors (Lipinski definition) is 1. The average Bonchev–Trinajstić information content (AvgIpc) is 3.05. The summed E-state index contributed by atoms with van der Waals surface area (Å²) in [4.78, 5) is 24.4. The van der Waals surface area contributed by atoms with Gasteiger partial charge in [-0.15, -0.1) is 0 Å². The molecule has 0 spiro atoms. The van der Waals surface area contributed by atoms with E-state index in [1.165, 1.54) is 30.4 Å². The maximum Gasteiger partial charge on any atom is 0.306 e. The number of carbonyl (C=O) groups excluding carboxylic acids is 1. The Hall–Kier alpha value is -1.38. The highest BCUT2D eigenvalue weighted by Gasteiger charge is 2.60. The van der Waals surface area contributed by atoms with Crippen LogP contribution in [0.15, 0.2) is 23.8 Å². The first-order valence-corrected chi connectivity index (χ1v) is 12.7. The Morgan fingerprint density at radius 1 is 1.13 bits per heavy atom. The van der Waals surface area contributed by atoms with Crippen LogP contribution >= 0.6 is 0 Å². The van der Waals surface area contributed by atoms with Crippen molar-refractivity contribution < 1.29 is 14.7 Å². The molecule has 0 aliphatic heterocycles. The molecule has 3 saturated carbocycles. The van der Waals surface area contributed by atoms with Crippen molar-refractivity contribution in [3.05, 3.63) is 23.8 Å². The van der Waals surface area contributed by atoms with Crippen LogP contribution < -0.4 is 0 Å². The Morgan fingerprint density at radius 2 is 1.87 bits per heavy atom. The third-order valence-electron chi connectivity index (χ3n) is 10.4. The van der Waals surface area contributed by atoms with E-state index in [1.54, 1.807) is 0 Å². The molecule has 31 heavy (non-hydrogen) atoms. The first kappa shape index (κ1) is 22.8. The number of ketones is 1. The maximum absolute atomic E-state index is 12.4. The van der Waals surface area contributed by atoms with Crippen LogP contribution in [0.2, 0.25) is 0 Å². The third kappa shape index (κ3) is 3.74. The van der Waals surface area contributed by atoms with Crippen molar-refractivity contribution in [2.45, 2.75) is 91.9 Å². The molecule has 0 aromatic rings. The molecule has 0 bridgehead atoms. The van der Waals surface area contributed by atoms with Gasteiger partial charge in [0.25, 0.3) is 0 Å². The summed E-state index contributed by atoms with van der Waals surface area (Å²) in [6.45, 7) is 13.3. The Bertz CT molecular complexity index is 792. The molecule has 4 rings (SSSR count). The van der Waals surface area contributed by atoms with Crippen molar-refractivity contribution in [1.82, 2.24) is 0 Å². The van der Waals surface area contributed by atoms with Gasteiger partial charge in [-0.3, -0.25) is 9.59 Å². The first-order valence-electron chi connectivity index (χ1n) is 12.7. The van der Waals surface area contributed by atoms with E-state index in [0.29, 0.717) is 35.9 Å². The first-order chi connectivity index (χ1) is 14.6. The number of carbonyl (C=O) groups is 2. The standard InChI is InChI=1S/C28H42O3/c1-17(2)18(3)6-8-22(26(30)31)24-11-10-23-21-9-7-19-16-20(29)12-14-27(19,4)25(21)13-15-28(23,24)5/h16-17,21-25H,3,6-15H2,1-2,4-5H3,(H,30,31). The normalized spacial score (nSPS) is 40.5. The smallest absolute Gasteiger partial charge is 0.306 e. The van der Waals surface area contributed by atoms with Gasteiger partial charge in [0.1, 0.15) is 0 Å². The molecule has 0 heterocycles. The number of rotatable bonds is 6. The Balaban J connectivity index is 1.55. The summed E-state index contributed by atoms with van der Waals surface area (Å²) in [5.74, 6) is 2.18. The Morgan fingerprint density at radius 3 is 2.55 bits per heavy atom. The molecule has 1 N–H and O–H groups in total. The summed E-state index contributed by atoms with van der Waals surface area (Å²) in [7, 11) is 0. The molecule has 3 heteroatoms. The van der Waals surface area contributed by atoms with Crippen LogP contribution in [0.5, 0.6) is 0 Å². The predicted octanol–water partition coefficient (Wildman–Crippen LogP) is 6.83. The van der Waals surface area contributed by atoms with E-state index in [0.717, 1.165) is 38.5 Å². The van der Waals surface area contributed by atoms with Crippen LogP contribution in [0.3, 0.4) is 0 Å². The van der Waals surface area contributed by atoms with E-state index < -0.39 is 5.97 Å². The van der Waals surface area contributed by atoms with Gasteiger partial charge in [-0.25, -0.2) is 0 Å². The summed E-state index contributed by atoms with van der Waals surface area (Å²) in [6.07, 6.45) is 12.1. The average molecular weight is 427 g/mol. The van der Waals surface area contributed by atoms with E-state index in [1.807, 2.05) is 6.08 Å². The Labute approximate surface area is 188 Å². The zero-order valence-corrected chi connectivity index (χ0v) is 20.1. The topological polar surface area (TPSA) is 54.4 Å². The van der Waals surface area contributed by atoms with Crippen LogP contribution in [-0.4, -0.2) is 16.9 Å². The van der Waals surface area contributed by atoms with E-state index in [-0.39, 0.29) is 22.7 Å². The zero-order chi connectivity index (χ0) is 22.6. The minimum absolute atomic E-state index is 0.144. The molecule has 0 saturated heterocycles. The molecule has 0 aromatic carbocycles. The van der Waals surface area contributed by atoms with Crippen molar-refractivity contribution in [3.63, 3.8) is 0 Å². The molecule has 0 radical (unpaired) electrons. The number of fused-ring (bicyclic) bond motifs is 5. The number of aliphatic carboxylic acids is 1. The minimum Gasteiger partial charge on any atom is -0.481 e. The quantitative estimate of drug-likeness (QED) is 0.474. The fourth-order valence-corrected chi connectivity index (χ4v) is 8.39. The van der Waals surface area contributed by atoms with E-state index in [9.17, 15) is 14.7 Å². The Kier molecular flexibility index (Phi) is 6.03. The largest absolute Gasteiger partial charge is 0.481 e. The number of carboxylic acid groups (broad SMARTS) is 1. The summed E-state index contributed by atoms with van der Waals surface area (Å²) < 4.78 is 0. The van der Waals surface area contributed by atoms with Gasteiger partial charge >= 0.3 is 5.97 Å². The monoisotopic (exact) mass is 426 g/mol. The van der Waals surface area contributed by atoms with Gasteiger partial charge in [0.15, 0.2) is 5.78 Å². The highest BCUT2D eigenvalue weighted by molar-refractivity contribution is 5.91. The van der Waals surface area contributed by atoms with Gasteiger partial charge in [0.2, 0.25) is 0 Å². The molecule has 3 nitrogen and oxygen atoms in total. The minimum atomic E-state index is -0.600. The van der Waals surface area contributed by atoms with Crippen molar-refractivity contribution in [1.29, 1.82) is 0 Å². The molecular formula is C28H42O3. The summed E-state index contributed by atoms with van der Waals surface area (Å²) in [5, 5.41) is 10.2. The van der Waals surface area contributed by atoms with Crippen LogP contribution in [0, 0.1) is 46.3 Å². The lowest BCUT2D eigenvalue weighted by molar-refractivity contribution is -0.147. The number of allylic oxidation sites excluding steroid dienone is 2. The molecule has 7 atom stereocenters. The molecule has 0 amide bonds. The third-order valence-corrected chi connectivity index (χ3v) is 10.4. The molecular weight excluding hydrogens is 384 g/mol. The second kappa shape index (κ2) is 8.19. The van der Waals surface area contributed by atoms with Gasteiger partial charge in [0.05, 0.1) is 5.92 Å². The van der Waals surface area contributed by atoms with E-state index in [4.69, 9.17) is 0 Å². The van der Waals surface area contributed by atoms with Crippen LogP contribution in [-0.2, 0) is 9.59 Å². The van der Waals surface area contributed by atoms with E-state index in [2.05, 4.69) is 34.3 Å². The molecule has 4 aliphatic carbocycles. The number of carboxylic acids is 1. The SMILES string of the molecule is C=C(CCC(C(=O)O)C1CCC2C3CCC4=CC(=O)CCC4(C)C3CCC12C)C(C)C. The lowest BCUT2D eigenvalue weighted by Gasteiger charge is -2.58. The van der Waals surface area contributed by atoms with Gasteiger partial charge < -0.3 is 5.11 Å². The van der Waals surface area contributed by atoms with Crippen molar-refractivity contribution >= 4 is 11.8 Å². The lowest BCUT2D eigenvalue weighted by Crippen LogP contribution is -2.51. The molecule has 3 fully saturated rings. The molecule has 172 valence electrons. The number of hydrogen-bond acceptors (Lipinski definition) is 2. The van der Waals surface area contributed by atoms with Gasteiger partial charge in [0, 0.05) is 6.42 Å². The van der Waals surface area contributed by atoms with Gasteiger partial charge in [-0.2, -0.15) is 0 Å². The van der Waals surface area contributed by atoms with Crippen LogP contribution in [0.4, 0.5) is 0 Å². The second-order valence-electron chi connectivity index (χ2n) is 12.0. The maximum atomic E-state index is 12.4. The second-order valence-corrected chi connectivity index (χ2v) is 12.0. The van der Waals surface area contributed by atoms with Crippen LogP contribution in [0.1, 0.15) is 91.9 Å². The van der Waals surface area contributed by atoms with Gasteiger partial charge in [-0.1, -0.05) is 45.4 Å². The van der Waals surface area contributed by atoms with Crippen molar-refractivity contribution in [3.8, 4) is 0 Å². The fraction of sp³-hybridized carbons (Fsp3) is 0.786. The highest BCUT2D eigenvalue weighted by Crippen LogP contribution is 2.67. The molecule has 0 aromatic heterocycles. The predicted molar refractivity (Wildman–Crippen MR) is 125 cm³/mol. The molecule has 4 aliphatic rings. The molecule has 7 unspecified atom stereocenters. The lowest BCUT2D eigenvalue weighted by atomic mass is 9.46. The van der Waals surface area contributed by atoms with Crippen molar-refractivity contribution in [2.24, 2.45) is 46.3 Å². The van der Waals surface area contributed by atoms with Crippen LogP contribution in [0.25, 0.3) is 0 Å². The highest BCUT2D eigenvalue weighted by atomic mass is 16.4. The fourth-order valence-electron chi connectivity index (χ4n) is 8.39. The van der Waals surface area contributed by atoms with Crippen molar-refractivity contribution in [2.75, 3.05) is 0 Å². The summed E-state index contributed by atoms with van der Waals surface area (Å²) >= 11 is 0.